The maximum absolute atomic E-state index is 11.6. The van der Waals surface area contributed by atoms with Gasteiger partial charge in [0.1, 0.15) is 11.6 Å². The average Bonchev–Trinajstić information content (AvgIpc) is 2.68. The number of benzene rings is 2. The average molecular weight is 349 g/mol. The highest BCUT2D eigenvalue weighted by molar-refractivity contribution is 5.92. The van der Waals surface area contributed by atoms with Crippen molar-refractivity contribution >= 4 is 28.4 Å². The summed E-state index contributed by atoms with van der Waals surface area (Å²) in [5.74, 6) is 1.29. The number of methoxy groups -OCH3 is 1. The number of nitrogens with zero attached hydrogens (tertiary/aromatic N) is 2. The van der Waals surface area contributed by atoms with Crippen LogP contribution in [0.5, 0.6) is 0 Å². The van der Waals surface area contributed by atoms with Gasteiger partial charge >= 0.3 is 5.97 Å². The largest absolute Gasteiger partial charge is 0.465 e. The Bertz CT molecular complexity index is 891. The number of hydrogen-bond donors (Lipinski definition) is 1. The second kappa shape index (κ2) is 8.43. The standard InChI is InChI=1S/C21H23N3O2/c1-3-4-5-10-19-23-18-9-7-6-8-17(18)20(24-19)22-16-13-11-15(12-14-16)21(25)26-2/h6-9,11-14H,3-5,10H2,1-2H3,(H,22,23,24). The van der Waals surface area contributed by atoms with E-state index in [1.807, 2.05) is 36.4 Å². The van der Waals surface area contributed by atoms with Crippen molar-refractivity contribution in [3.8, 4) is 0 Å². The number of unbranched alkanes of at least 4 members (excludes halogenated alkanes) is 2. The molecule has 26 heavy (non-hydrogen) atoms. The van der Waals surface area contributed by atoms with Crippen molar-refractivity contribution in [2.45, 2.75) is 32.6 Å². The molecule has 5 nitrogen and oxygen atoms in total. The van der Waals surface area contributed by atoms with Crippen molar-refractivity contribution in [1.82, 2.24) is 9.97 Å². The number of nitrogens with one attached hydrogen (secondary N) is 1. The highest BCUT2D eigenvalue weighted by Gasteiger charge is 2.09. The van der Waals surface area contributed by atoms with Crippen LogP contribution >= 0.6 is 0 Å². The fraction of sp³-hybridized carbons (Fsp3) is 0.286. The van der Waals surface area contributed by atoms with Crippen LogP contribution in [0.2, 0.25) is 0 Å². The van der Waals surface area contributed by atoms with Gasteiger partial charge in [-0.05, 0) is 42.8 Å². The minimum absolute atomic E-state index is 0.345. The Morgan fingerprint density at radius 3 is 2.54 bits per heavy atom. The van der Waals surface area contributed by atoms with Crippen LogP contribution < -0.4 is 5.32 Å². The van der Waals surface area contributed by atoms with E-state index in [4.69, 9.17) is 9.72 Å². The van der Waals surface area contributed by atoms with Gasteiger partial charge in [0.15, 0.2) is 0 Å². The topological polar surface area (TPSA) is 64.1 Å². The number of rotatable bonds is 7. The van der Waals surface area contributed by atoms with Gasteiger partial charge in [0, 0.05) is 17.5 Å². The van der Waals surface area contributed by atoms with Gasteiger partial charge < -0.3 is 10.1 Å². The third kappa shape index (κ3) is 4.17. The van der Waals surface area contributed by atoms with Gasteiger partial charge in [0.25, 0.3) is 0 Å². The number of para-hydroxylation sites is 1. The summed E-state index contributed by atoms with van der Waals surface area (Å²) in [5, 5.41) is 4.33. The number of carbonyl (C=O) groups is 1. The summed E-state index contributed by atoms with van der Waals surface area (Å²) in [6.07, 6.45) is 4.30. The highest BCUT2D eigenvalue weighted by atomic mass is 16.5. The predicted molar refractivity (Wildman–Crippen MR) is 104 cm³/mol. The van der Waals surface area contributed by atoms with E-state index in [0.717, 1.165) is 41.1 Å². The number of carbonyl (C=O) groups excluding carboxylic acids is 1. The lowest BCUT2D eigenvalue weighted by Crippen LogP contribution is -2.03. The molecule has 2 aromatic carbocycles. The van der Waals surface area contributed by atoms with Crippen LogP contribution in [0, 0.1) is 0 Å². The first-order chi connectivity index (χ1) is 12.7. The highest BCUT2D eigenvalue weighted by Crippen LogP contribution is 2.24. The summed E-state index contributed by atoms with van der Waals surface area (Å²) >= 11 is 0. The number of anilines is 2. The minimum atomic E-state index is -0.345. The first-order valence-electron chi connectivity index (χ1n) is 8.92. The fourth-order valence-corrected chi connectivity index (χ4v) is 2.81. The Kier molecular flexibility index (Phi) is 5.79. The predicted octanol–water partition coefficient (Wildman–Crippen LogP) is 4.89. The molecule has 3 aromatic rings. The van der Waals surface area contributed by atoms with Crippen molar-refractivity contribution in [3.05, 3.63) is 59.9 Å². The molecule has 5 heteroatoms. The zero-order valence-electron chi connectivity index (χ0n) is 15.2. The van der Waals surface area contributed by atoms with Crippen molar-refractivity contribution < 1.29 is 9.53 Å². The molecule has 0 fully saturated rings. The van der Waals surface area contributed by atoms with Crippen LogP contribution in [0.1, 0.15) is 42.4 Å². The van der Waals surface area contributed by atoms with Crippen LogP contribution in [-0.2, 0) is 11.2 Å². The lowest BCUT2D eigenvalue weighted by molar-refractivity contribution is 0.0601. The van der Waals surface area contributed by atoms with Crippen LogP contribution in [0.15, 0.2) is 48.5 Å². The second-order valence-electron chi connectivity index (χ2n) is 6.16. The quantitative estimate of drug-likeness (QED) is 0.486. The van der Waals surface area contributed by atoms with Crippen molar-refractivity contribution in [2.75, 3.05) is 12.4 Å². The molecule has 0 radical (unpaired) electrons. The van der Waals surface area contributed by atoms with E-state index in [1.165, 1.54) is 20.0 Å². The Morgan fingerprint density at radius 1 is 1.04 bits per heavy atom. The van der Waals surface area contributed by atoms with Gasteiger partial charge in [0.2, 0.25) is 0 Å². The van der Waals surface area contributed by atoms with Gasteiger partial charge in [-0.3, -0.25) is 0 Å². The van der Waals surface area contributed by atoms with E-state index in [2.05, 4.69) is 17.2 Å². The van der Waals surface area contributed by atoms with E-state index in [1.54, 1.807) is 12.1 Å². The van der Waals surface area contributed by atoms with E-state index < -0.39 is 0 Å². The number of esters is 1. The molecule has 0 saturated heterocycles. The monoisotopic (exact) mass is 349 g/mol. The smallest absolute Gasteiger partial charge is 0.337 e. The molecule has 0 aliphatic heterocycles. The third-order valence-electron chi connectivity index (χ3n) is 4.22. The fourth-order valence-electron chi connectivity index (χ4n) is 2.81. The van der Waals surface area contributed by atoms with Gasteiger partial charge in [-0.1, -0.05) is 31.9 Å². The Hall–Kier alpha value is -2.95. The Balaban J connectivity index is 1.89. The zero-order valence-corrected chi connectivity index (χ0v) is 15.2. The molecule has 3 rings (SSSR count). The molecule has 1 aromatic heterocycles. The minimum Gasteiger partial charge on any atom is -0.465 e. The number of aryl methyl sites for hydroxylation is 1. The van der Waals surface area contributed by atoms with E-state index >= 15 is 0 Å². The van der Waals surface area contributed by atoms with Crippen molar-refractivity contribution in [3.63, 3.8) is 0 Å². The maximum atomic E-state index is 11.6. The molecule has 0 spiro atoms. The van der Waals surface area contributed by atoms with Crippen LogP contribution in [0.3, 0.4) is 0 Å². The first kappa shape index (κ1) is 17.9. The van der Waals surface area contributed by atoms with Crippen LogP contribution in [0.25, 0.3) is 10.9 Å². The molecule has 134 valence electrons. The molecule has 0 bridgehead atoms. The zero-order chi connectivity index (χ0) is 18.4. The summed E-state index contributed by atoms with van der Waals surface area (Å²) in [6.45, 7) is 2.19. The molecule has 0 saturated carbocycles. The molecule has 0 atom stereocenters. The summed E-state index contributed by atoms with van der Waals surface area (Å²) in [5.41, 5.74) is 2.31. The molecular weight excluding hydrogens is 326 g/mol. The number of aromatic nitrogens is 2. The van der Waals surface area contributed by atoms with Crippen molar-refractivity contribution in [1.29, 1.82) is 0 Å². The molecule has 1 N–H and O–H groups in total. The Labute approximate surface area is 153 Å². The van der Waals surface area contributed by atoms with Crippen molar-refractivity contribution in [2.24, 2.45) is 0 Å². The summed E-state index contributed by atoms with van der Waals surface area (Å²) in [7, 11) is 1.38. The van der Waals surface area contributed by atoms with E-state index in [9.17, 15) is 4.79 Å². The lowest BCUT2D eigenvalue weighted by Gasteiger charge is -2.11. The maximum Gasteiger partial charge on any atom is 0.337 e. The second-order valence-corrected chi connectivity index (χ2v) is 6.16. The van der Waals surface area contributed by atoms with Gasteiger partial charge in [-0.2, -0.15) is 0 Å². The molecular formula is C21H23N3O2. The first-order valence-corrected chi connectivity index (χ1v) is 8.92. The lowest BCUT2D eigenvalue weighted by atomic mass is 10.1. The number of hydrogen-bond acceptors (Lipinski definition) is 5. The molecule has 0 unspecified atom stereocenters. The summed E-state index contributed by atoms with van der Waals surface area (Å²) in [4.78, 5) is 21.0. The van der Waals surface area contributed by atoms with Crippen LogP contribution in [0.4, 0.5) is 11.5 Å². The normalized spacial score (nSPS) is 10.7. The molecule has 0 amide bonds. The van der Waals surface area contributed by atoms with Gasteiger partial charge in [-0.25, -0.2) is 14.8 Å². The molecule has 0 aliphatic rings. The van der Waals surface area contributed by atoms with Gasteiger partial charge in [0.05, 0.1) is 18.2 Å². The Morgan fingerprint density at radius 2 is 1.81 bits per heavy atom. The van der Waals surface area contributed by atoms with E-state index in [-0.39, 0.29) is 5.97 Å². The van der Waals surface area contributed by atoms with Gasteiger partial charge in [-0.15, -0.1) is 0 Å². The third-order valence-corrected chi connectivity index (χ3v) is 4.22. The number of fused-ring (bicyclic) bond motifs is 1. The molecule has 1 heterocycles. The number of ether oxygens (including phenoxy) is 1. The summed E-state index contributed by atoms with van der Waals surface area (Å²) < 4.78 is 4.73. The molecule has 0 aliphatic carbocycles. The summed E-state index contributed by atoms with van der Waals surface area (Å²) in [6, 6.07) is 15.1. The van der Waals surface area contributed by atoms with E-state index in [0.29, 0.717) is 5.56 Å². The van der Waals surface area contributed by atoms with Crippen LogP contribution in [-0.4, -0.2) is 23.0 Å². The SMILES string of the molecule is CCCCCc1nc(Nc2ccc(C(=O)OC)cc2)c2ccccc2n1.